The molecule has 1 atom stereocenters. The highest BCUT2D eigenvalue weighted by molar-refractivity contribution is 6.07. The van der Waals surface area contributed by atoms with Crippen LogP contribution in [-0.4, -0.2) is 30.0 Å². The van der Waals surface area contributed by atoms with Gasteiger partial charge in [-0.3, -0.25) is 9.69 Å². The number of hydrogen-bond donors (Lipinski definition) is 1. The van der Waals surface area contributed by atoms with Crippen LogP contribution in [0.5, 0.6) is 5.75 Å². The lowest BCUT2D eigenvalue weighted by Crippen LogP contribution is -2.41. The first kappa shape index (κ1) is 17.9. The van der Waals surface area contributed by atoms with Crippen LogP contribution in [0.1, 0.15) is 24.5 Å². The zero-order valence-electron chi connectivity index (χ0n) is 14.8. The molecule has 0 aromatic heterocycles. The molecular formula is C20H21FN2O3. The quantitative estimate of drug-likeness (QED) is 0.638. The Labute approximate surface area is 151 Å². The van der Waals surface area contributed by atoms with Gasteiger partial charge in [-0.2, -0.15) is 0 Å². The minimum absolute atomic E-state index is 0.257. The molecule has 1 aliphatic rings. The van der Waals surface area contributed by atoms with E-state index < -0.39 is 11.6 Å². The van der Waals surface area contributed by atoms with E-state index >= 15 is 0 Å². The standard InChI is InChI=1S/C20H21FN2O3/c1-14-6-3-4-7-17(14)20(2)18(24)23(19(25)22-20)12-5-13-26-16-10-8-15(21)9-11-16/h3-4,6-11H,5,12-13H2,1-2H3,(H,22,25). The molecule has 1 fully saturated rings. The Kier molecular flexibility index (Phi) is 4.93. The van der Waals surface area contributed by atoms with E-state index in [0.717, 1.165) is 11.1 Å². The molecule has 3 amide bonds. The third-order valence-corrected chi connectivity index (χ3v) is 4.57. The summed E-state index contributed by atoms with van der Waals surface area (Å²) in [6, 6.07) is 12.8. The fourth-order valence-electron chi connectivity index (χ4n) is 3.16. The Balaban J connectivity index is 1.61. The van der Waals surface area contributed by atoms with Crippen molar-refractivity contribution in [1.29, 1.82) is 0 Å². The highest BCUT2D eigenvalue weighted by Gasteiger charge is 2.49. The molecule has 1 heterocycles. The van der Waals surface area contributed by atoms with E-state index in [4.69, 9.17) is 4.74 Å². The lowest BCUT2D eigenvalue weighted by Gasteiger charge is -2.24. The van der Waals surface area contributed by atoms with Gasteiger partial charge in [0, 0.05) is 6.54 Å². The Bertz CT molecular complexity index is 822. The summed E-state index contributed by atoms with van der Waals surface area (Å²) >= 11 is 0. The van der Waals surface area contributed by atoms with Crippen LogP contribution >= 0.6 is 0 Å². The van der Waals surface area contributed by atoms with Gasteiger partial charge in [-0.1, -0.05) is 24.3 Å². The van der Waals surface area contributed by atoms with Crippen LogP contribution in [0.4, 0.5) is 9.18 Å². The number of nitrogens with zero attached hydrogens (tertiary/aromatic N) is 1. The SMILES string of the molecule is Cc1ccccc1C1(C)NC(=O)N(CCCOc2ccc(F)cc2)C1=O. The van der Waals surface area contributed by atoms with Gasteiger partial charge >= 0.3 is 6.03 Å². The fraction of sp³-hybridized carbons (Fsp3) is 0.300. The van der Waals surface area contributed by atoms with Crippen LogP contribution in [0.15, 0.2) is 48.5 Å². The first-order chi connectivity index (χ1) is 12.4. The molecule has 2 aromatic rings. The minimum atomic E-state index is -1.06. The molecule has 1 saturated heterocycles. The average Bonchev–Trinajstić information content (AvgIpc) is 2.84. The Morgan fingerprint density at radius 1 is 1.12 bits per heavy atom. The van der Waals surface area contributed by atoms with E-state index in [0.29, 0.717) is 18.8 Å². The maximum absolute atomic E-state index is 12.9. The summed E-state index contributed by atoms with van der Waals surface area (Å²) in [5, 5.41) is 2.81. The molecule has 1 unspecified atom stereocenters. The maximum Gasteiger partial charge on any atom is 0.325 e. The van der Waals surface area contributed by atoms with Crippen molar-refractivity contribution < 1.29 is 18.7 Å². The zero-order valence-corrected chi connectivity index (χ0v) is 14.8. The third-order valence-electron chi connectivity index (χ3n) is 4.57. The fourth-order valence-corrected chi connectivity index (χ4v) is 3.16. The van der Waals surface area contributed by atoms with Gasteiger partial charge in [0.1, 0.15) is 17.1 Å². The number of aryl methyl sites for hydroxylation is 1. The van der Waals surface area contributed by atoms with Crippen molar-refractivity contribution in [3.63, 3.8) is 0 Å². The predicted octanol–water partition coefficient (Wildman–Crippen LogP) is 3.37. The van der Waals surface area contributed by atoms with Crippen LogP contribution < -0.4 is 10.1 Å². The summed E-state index contributed by atoms with van der Waals surface area (Å²) in [5.74, 6) is -0.0425. The third kappa shape index (κ3) is 3.40. The molecule has 0 radical (unpaired) electrons. The molecule has 3 rings (SSSR count). The number of amides is 3. The summed E-state index contributed by atoms with van der Waals surface area (Å²) in [6.07, 6.45) is 0.486. The van der Waals surface area contributed by atoms with E-state index in [1.165, 1.54) is 29.2 Å². The van der Waals surface area contributed by atoms with Gasteiger partial charge in [-0.25, -0.2) is 9.18 Å². The van der Waals surface area contributed by atoms with Gasteiger partial charge in [0.2, 0.25) is 0 Å². The van der Waals surface area contributed by atoms with E-state index in [1.54, 1.807) is 6.92 Å². The molecule has 26 heavy (non-hydrogen) atoms. The number of carbonyl (C=O) groups excluding carboxylic acids is 2. The summed E-state index contributed by atoms with van der Waals surface area (Å²) < 4.78 is 18.4. The number of halogens is 1. The average molecular weight is 356 g/mol. The van der Waals surface area contributed by atoms with E-state index in [1.807, 2.05) is 31.2 Å². The Hall–Kier alpha value is -2.89. The number of ether oxygens (including phenoxy) is 1. The number of rotatable bonds is 6. The second-order valence-electron chi connectivity index (χ2n) is 6.48. The monoisotopic (exact) mass is 356 g/mol. The first-order valence-electron chi connectivity index (χ1n) is 8.50. The molecule has 1 aliphatic heterocycles. The second kappa shape index (κ2) is 7.15. The van der Waals surface area contributed by atoms with Crippen molar-refractivity contribution in [3.05, 3.63) is 65.5 Å². The summed E-state index contributed by atoms with van der Waals surface area (Å²) in [4.78, 5) is 26.4. The largest absolute Gasteiger partial charge is 0.494 e. The van der Waals surface area contributed by atoms with Crippen molar-refractivity contribution in [2.24, 2.45) is 0 Å². The topological polar surface area (TPSA) is 58.6 Å². The molecule has 136 valence electrons. The summed E-state index contributed by atoms with van der Waals surface area (Å²) in [7, 11) is 0. The number of carbonyl (C=O) groups is 2. The van der Waals surface area contributed by atoms with Crippen LogP contribution in [0.25, 0.3) is 0 Å². The van der Waals surface area contributed by atoms with Crippen molar-refractivity contribution in [2.45, 2.75) is 25.8 Å². The number of benzene rings is 2. The van der Waals surface area contributed by atoms with Crippen molar-refractivity contribution in [1.82, 2.24) is 10.2 Å². The van der Waals surface area contributed by atoms with Crippen LogP contribution in [0.2, 0.25) is 0 Å². The Morgan fingerprint density at radius 2 is 1.81 bits per heavy atom. The number of urea groups is 1. The summed E-state index contributed by atoms with van der Waals surface area (Å²) in [6.45, 7) is 4.22. The predicted molar refractivity (Wildman–Crippen MR) is 95.3 cm³/mol. The van der Waals surface area contributed by atoms with Crippen molar-refractivity contribution in [2.75, 3.05) is 13.2 Å². The molecule has 2 aromatic carbocycles. The van der Waals surface area contributed by atoms with E-state index in [2.05, 4.69) is 5.32 Å². The molecule has 6 heteroatoms. The highest BCUT2D eigenvalue weighted by Crippen LogP contribution is 2.30. The van der Waals surface area contributed by atoms with Gasteiger partial charge in [-0.05, 0) is 55.7 Å². The first-order valence-corrected chi connectivity index (χ1v) is 8.50. The van der Waals surface area contributed by atoms with Crippen LogP contribution in [0.3, 0.4) is 0 Å². The highest BCUT2D eigenvalue weighted by atomic mass is 19.1. The molecule has 5 nitrogen and oxygen atoms in total. The molecule has 0 spiro atoms. The molecule has 0 saturated carbocycles. The maximum atomic E-state index is 12.9. The van der Waals surface area contributed by atoms with Gasteiger partial charge in [-0.15, -0.1) is 0 Å². The molecule has 0 aliphatic carbocycles. The van der Waals surface area contributed by atoms with E-state index in [9.17, 15) is 14.0 Å². The number of imide groups is 1. The van der Waals surface area contributed by atoms with Gasteiger partial charge in [0.05, 0.1) is 6.61 Å². The molecule has 0 bridgehead atoms. The Morgan fingerprint density at radius 3 is 2.50 bits per heavy atom. The van der Waals surface area contributed by atoms with Crippen LogP contribution in [-0.2, 0) is 10.3 Å². The molecule has 1 N–H and O–H groups in total. The minimum Gasteiger partial charge on any atom is -0.494 e. The molecular weight excluding hydrogens is 335 g/mol. The normalized spacial score (nSPS) is 19.6. The van der Waals surface area contributed by atoms with Gasteiger partial charge in [0.25, 0.3) is 5.91 Å². The van der Waals surface area contributed by atoms with Crippen LogP contribution in [0, 0.1) is 12.7 Å². The lowest BCUT2D eigenvalue weighted by molar-refractivity contribution is -0.131. The summed E-state index contributed by atoms with van der Waals surface area (Å²) in [5.41, 5.74) is 0.689. The number of hydrogen-bond acceptors (Lipinski definition) is 3. The number of nitrogens with one attached hydrogen (secondary N) is 1. The van der Waals surface area contributed by atoms with Gasteiger partial charge in [0.15, 0.2) is 0 Å². The van der Waals surface area contributed by atoms with Gasteiger partial charge < -0.3 is 10.1 Å². The zero-order chi connectivity index (χ0) is 18.7. The second-order valence-corrected chi connectivity index (χ2v) is 6.48. The van der Waals surface area contributed by atoms with Crippen molar-refractivity contribution >= 4 is 11.9 Å². The lowest BCUT2D eigenvalue weighted by atomic mass is 9.88. The van der Waals surface area contributed by atoms with E-state index in [-0.39, 0.29) is 18.3 Å². The van der Waals surface area contributed by atoms with Crippen molar-refractivity contribution in [3.8, 4) is 5.75 Å². The smallest absolute Gasteiger partial charge is 0.325 e.